The Balaban J connectivity index is 1.73. The Bertz CT molecular complexity index is 443. The van der Waals surface area contributed by atoms with Crippen molar-refractivity contribution in [2.45, 2.75) is 26.8 Å². The average molecular weight is 246 g/mol. The summed E-state index contributed by atoms with van der Waals surface area (Å²) in [6.07, 6.45) is 4.78. The number of pyridine rings is 1. The molecule has 17 heavy (non-hydrogen) atoms. The average Bonchev–Trinajstić information content (AvgIpc) is 2.66. The van der Waals surface area contributed by atoms with Crippen molar-refractivity contribution >= 4 is 11.3 Å². The van der Waals surface area contributed by atoms with Gasteiger partial charge in [0.2, 0.25) is 0 Å². The minimum absolute atomic E-state index is 0.972. The van der Waals surface area contributed by atoms with E-state index in [0.29, 0.717) is 0 Å². The molecule has 0 unspecified atom stereocenters. The van der Waals surface area contributed by atoms with Crippen molar-refractivity contribution in [1.82, 2.24) is 10.3 Å². The van der Waals surface area contributed by atoms with Gasteiger partial charge in [-0.05, 0) is 50.1 Å². The Morgan fingerprint density at radius 3 is 2.88 bits per heavy atom. The molecule has 0 atom stereocenters. The second-order valence-corrected chi connectivity index (χ2v) is 5.58. The molecule has 3 heteroatoms. The highest BCUT2D eigenvalue weighted by Crippen LogP contribution is 2.20. The Labute approximate surface area is 107 Å². The lowest BCUT2D eigenvalue weighted by atomic mass is 10.2. The molecule has 2 rings (SSSR count). The van der Waals surface area contributed by atoms with Gasteiger partial charge in [-0.2, -0.15) is 0 Å². The van der Waals surface area contributed by atoms with Crippen LogP contribution in [0.2, 0.25) is 0 Å². The summed E-state index contributed by atoms with van der Waals surface area (Å²) in [5.41, 5.74) is 2.69. The maximum Gasteiger partial charge on any atom is 0.0300 e. The van der Waals surface area contributed by atoms with Crippen LogP contribution in [0.25, 0.3) is 0 Å². The van der Waals surface area contributed by atoms with Crippen molar-refractivity contribution in [3.05, 3.63) is 51.5 Å². The van der Waals surface area contributed by atoms with Crippen LogP contribution in [0.3, 0.4) is 0 Å². The zero-order chi connectivity index (χ0) is 12.1. The van der Waals surface area contributed by atoms with Gasteiger partial charge in [-0.15, -0.1) is 11.3 Å². The molecule has 0 aliphatic heterocycles. The zero-order valence-electron chi connectivity index (χ0n) is 10.4. The molecule has 2 heterocycles. The molecule has 0 bridgehead atoms. The molecular formula is C14H18N2S. The SMILES string of the molecule is Cc1cc(CNCCc2cccnc2)sc1C. The molecule has 0 amide bonds. The van der Waals surface area contributed by atoms with Crippen LogP contribution in [0, 0.1) is 13.8 Å². The van der Waals surface area contributed by atoms with Crippen LogP contribution in [-0.4, -0.2) is 11.5 Å². The Kier molecular flexibility index (Phi) is 4.29. The van der Waals surface area contributed by atoms with E-state index in [1.807, 2.05) is 29.8 Å². The molecule has 2 aromatic rings. The number of nitrogens with zero attached hydrogens (tertiary/aromatic N) is 1. The normalized spacial score (nSPS) is 10.7. The predicted octanol–water partition coefficient (Wildman–Crippen LogP) is 3.09. The lowest BCUT2D eigenvalue weighted by molar-refractivity contribution is 0.692. The second-order valence-electron chi connectivity index (χ2n) is 4.24. The van der Waals surface area contributed by atoms with Crippen LogP contribution in [0.15, 0.2) is 30.6 Å². The summed E-state index contributed by atoms with van der Waals surface area (Å²) in [6.45, 7) is 6.32. The third-order valence-electron chi connectivity index (χ3n) is 2.83. The lowest BCUT2D eigenvalue weighted by Gasteiger charge is -2.02. The monoisotopic (exact) mass is 246 g/mol. The molecule has 0 fully saturated rings. The van der Waals surface area contributed by atoms with E-state index in [1.165, 1.54) is 20.9 Å². The van der Waals surface area contributed by atoms with E-state index in [0.717, 1.165) is 19.5 Å². The van der Waals surface area contributed by atoms with Crippen LogP contribution >= 0.6 is 11.3 Å². The third-order valence-corrected chi connectivity index (χ3v) is 3.98. The summed E-state index contributed by atoms with van der Waals surface area (Å²) in [5, 5.41) is 3.47. The molecule has 0 radical (unpaired) electrons. The first kappa shape index (κ1) is 12.3. The van der Waals surface area contributed by atoms with E-state index in [2.05, 4.69) is 36.3 Å². The van der Waals surface area contributed by atoms with E-state index < -0.39 is 0 Å². The van der Waals surface area contributed by atoms with Gasteiger partial charge in [0.05, 0.1) is 0 Å². The molecule has 0 spiro atoms. The number of nitrogens with one attached hydrogen (secondary N) is 1. The summed E-state index contributed by atoms with van der Waals surface area (Å²) >= 11 is 1.89. The molecule has 2 aromatic heterocycles. The predicted molar refractivity (Wildman–Crippen MR) is 73.4 cm³/mol. The topological polar surface area (TPSA) is 24.9 Å². The molecule has 0 saturated heterocycles. The van der Waals surface area contributed by atoms with Gasteiger partial charge in [0, 0.05) is 28.7 Å². The van der Waals surface area contributed by atoms with Crippen LogP contribution in [0.1, 0.15) is 20.9 Å². The zero-order valence-corrected chi connectivity index (χ0v) is 11.2. The first-order valence-corrected chi connectivity index (χ1v) is 6.73. The summed E-state index contributed by atoms with van der Waals surface area (Å²) in [4.78, 5) is 6.96. The minimum atomic E-state index is 0.972. The van der Waals surface area contributed by atoms with Crippen molar-refractivity contribution in [3.8, 4) is 0 Å². The van der Waals surface area contributed by atoms with E-state index in [-0.39, 0.29) is 0 Å². The van der Waals surface area contributed by atoms with E-state index in [4.69, 9.17) is 0 Å². The first-order valence-electron chi connectivity index (χ1n) is 5.91. The Morgan fingerprint density at radius 2 is 2.24 bits per heavy atom. The maximum atomic E-state index is 4.11. The van der Waals surface area contributed by atoms with Gasteiger partial charge in [0.25, 0.3) is 0 Å². The van der Waals surface area contributed by atoms with E-state index in [9.17, 15) is 0 Å². The summed E-state index contributed by atoms with van der Waals surface area (Å²) < 4.78 is 0. The number of rotatable bonds is 5. The van der Waals surface area contributed by atoms with Gasteiger partial charge in [-0.25, -0.2) is 0 Å². The minimum Gasteiger partial charge on any atom is -0.312 e. The highest BCUT2D eigenvalue weighted by Gasteiger charge is 2.00. The van der Waals surface area contributed by atoms with Gasteiger partial charge in [0.1, 0.15) is 0 Å². The molecule has 1 N–H and O–H groups in total. The van der Waals surface area contributed by atoms with Crippen molar-refractivity contribution in [3.63, 3.8) is 0 Å². The summed E-state index contributed by atoms with van der Waals surface area (Å²) in [5.74, 6) is 0. The van der Waals surface area contributed by atoms with Crippen molar-refractivity contribution < 1.29 is 0 Å². The summed E-state index contributed by atoms with van der Waals surface area (Å²) in [7, 11) is 0. The number of aromatic nitrogens is 1. The number of hydrogen-bond donors (Lipinski definition) is 1. The highest BCUT2D eigenvalue weighted by atomic mass is 32.1. The smallest absolute Gasteiger partial charge is 0.0300 e. The molecule has 0 aliphatic rings. The van der Waals surface area contributed by atoms with Crippen LogP contribution in [0.4, 0.5) is 0 Å². The fourth-order valence-corrected chi connectivity index (χ4v) is 2.75. The van der Waals surface area contributed by atoms with Crippen molar-refractivity contribution in [2.24, 2.45) is 0 Å². The van der Waals surface area contributed by atoms with E-state index >= 15 is 0 Å². The number of thiophene rings is 1. The largest absolute Gasteiger partial charge is 0.312 e. The van der Waals surface area contributed by atoms with Crippen LogP contribution in [-0.2, 0) is 13.0 Å². The van der Waals surface area contributed by atoms with Crippen LogP contribution in [0.5, 0.6) is 0 Å². The molecule has 0 aliphatic carbocycles. The van der Waals surface area contributed by atoms with Gasteiger partial charge < -0.3 is 5.32 Å². The highest BCUT2D eigenvalue weighted by molar-refractivity contribution is 7.12. The Morgan fingerprint density at radius 1 is 1.35 bits per heavy atom. The van der Waals surface area contributed by atoms with Crippen LogP contribution < -0.4 is 5.32 Å². The molecule has 0 aromatic carbocycles. The lowest BCUT2D eigenvalue weighted by Crippen LogP contribution is -2.15. The second kappa shape index (κ2) is 5.94. The van der Waals surface area contributed by atoms with Crippen molar-refractivity contribution in [2.75, 3.05) is 6.54 Å². The fraction of sp³-hybridized carbons (Fsp3) is 0.357. The molecule has 90 valence electrons. The van der Waals surface area contributed by atoms with Gasteiger partial charge >= 0.3 is 0 Å². The van der Waals surface area contributed by atoms with Crippen molar-refractivity contribution in [1.29, 1.82) is 0 Å². The van der Waals surface area contributed by atoms with Gasteiger partial charge in [0.15, 0.2) is 0 Å². The number of hydrogen-bond acceptors (Lipinski definition) is 3. The Hall–Kier alpha value is -1.19. The quantitative estimate of drug-likeness (QED) is 0.820. The standard InChI is InChI=1S/C14H18N2S/c1-11-8-14(17-12(11)2)10-16-7-5-13-4-3-6-15-9-13/h3-4,6,8-9,16H,5,7,10H2,1-2H3. The summed E-state index contributed by atoms with van der Waals surface area (Å²) in [6, 6.07) is 6.38. The fourth-order valence-electron chi connectivity index (χ4n) is 1.73. The number of aryl methyl sites for hydroxylation is 2. The maximum absolute atomic E-state index is 4.11. The third kappa shape index (κ3) is 3.65. The van der Waals surface area contributed by atoms with Gasteiger partial charge in [-0.3, -0.25) is 4.98 Å². The first-order chi connectivity index (χ1) is 8.25. The molecular weight excluding hydrogens is 228 g/mol. The molecule has 2 nitrogen and oxygen atoms in total. The van der Waals surface area contributed by atoms with E-state index in [1.54, 1.807) is 0 Å². The van der Waals surface area contributed by atoms with Gasteiger partial charge in [-0.1, -0.05) is 6.07 Å². The molecule has 0 saturated carbocycles.